The van der Waals surface area contributed by atoms with E-state index in [1.165, 1.54) is 10.6 Å². The van der Waals surface area contributed by atoms with Crippen molar-refractivity contribution in [1.82, 2.24) is 19.7 Å². The lowest BCUT2D eigenvalue weighted by atomic mass is 10.0. The van der Waals surface area contributed by atoms with Gasteiger partial charge in [-0.1, -0.05) is 53.7 Å². The van der Waals surface area contributed by atoms with Crippen molar-refractivity contribution in [2.75, 3.05) is 19.6 Å². The molecule has 0 bridgehead atoms. The number of nitriles is 1. The monoisotopic (exact) mass is 532 g/mol. The van der Waals surface area contributed by atoms with Crippen molar-refractivity contribution in [3.63, 3.8) is 0 Å². The van der Waals surface area contributed by atoms with Crippen LogP contribution >= 0.6 is 11.3 Å². The summed E-state index contributed by atoms with van der Waals surface area (Å²) in [5.41, 5.74) is 3.17. The topological polar surface area (TPSA) is 115 Å². The van der Waals surface area contributed by atoms with Gasteiger partial charge in [-0.25, -0.2) is 13.4 Å². The zero-order chi connectivity index (χ0) is 25.8. The summed E-state index contributed by atoms with van der Waals surface area (Å²) in [6, 6.07) is 21.7. The van der Waals surface area contributed by atoms with Crippen LogP contribution in [-0.2, 0) is 10.0 Å². The Morgan fingerprint density at radius 2 is 1.89 bits per heavy atom. The molecule has 4 aromatic rings. The zero-order valence-corrected chi connectivity index (χ0v) is 21.6. The van der Waals surface area contributed by atoms with Crippen LogP contribution in [0.1, 0.15) is 17.2 Å². The van der Waals surface area contributed by atoms with Crippen LogP contribution in [0.3, 0.4) is 0 Å². The second kappa shape index (κ2) is 10.6. The van der Waals surface area contributed by atoms with Crippen LogP contribution in [0, 0.1) is 18.4 Å². The van der Waals surface area contributed by atoms with Crippen molar-refractivity contribution in [2.24, 2.45) is 4.99 Å². The number of piperazine rings is 1. The van der Waals surface area contributed by atoms with Gasteiger partial charge in [0.05, 0.1) is 16.6 Å². The summed E-state index contributed by atoms with van der Waals surface area (Å²) < 4.78 is 34.4. The molecule has 3 heterocycles. The van der Waals surface area contributed by atoms with E-state index in [1.54, 1.807) is 18.2 Å². The smallest absolute Gasteiger partial charge is 0.253 e. The number of para-hydroxylation sites is 1. The molecule has 1 N–H and O–H groups in total. The highest BCUT2D eigenvalue weighted by molar-refractivity contribution is 7.91. The number of guanidine groups is 1. The Labute approximate surface area is 219 Å². The van der Waals surface area contributed by atoms with Crippen molar-refractivity contribution < 1.29 is 12.9 Å². The van der Waals surface area contributed by atoms with Crippen molar-refractivity contribution in [2.45, 2.75) is 17.2 Å². The number of benzene rings is 2. The first-order chi connectivity index (χ1) is 18.0. The number of sulfonamides is 1. The number of thiophene rings is 1. The van der Waals surface area contributed by atoms with Gasteiger partial charge in [0, 0.05) is 25.7 Å². The molecule has 5 rings (SSSR count). The first-order valence-electron chi connectivity index (χ1n) is 11.6. The van der Waals surface area contributed by atoms with Gasteiger partial charge in [0.2, 0.25) is 5.96 Å². The fraction of sp³-hybridized carbons (Fsp3) is 0.192. The normalized spacial score (nSPS) is 16.9. The van der Waals surface area contributed by atoms with E-state index in [2.05, 4.69) is 10.5 Å². The van der Waals surface area contributed by atoms with Crippen molar-refractivity contribution >= 4 is 33.0 Å². The predicted molar refractivity (Wildman–Crippen MR) is 141 cm³/mol. The van der Waals surface area contributed by atoms with Crippen LogP contribution in [0.25, 0.3) is 10.6 Å². The Balaban J connectivity index is 1.49. The third-order valence-electron chi connectivity index (χ3n) is 6.16. The molecule has 11 heteroatoms. The molecule has 0 radical (unpaired) electrons. The zero-order valence-electron chi connectivity index (χ0n) is 20.0. The Kier molecular flexibility index (Phi) is 7.05. The van der Waals surface area contributed by atoms with E-state index in [4.69, 9.17) is 9.52 Å². The van der Waals surface area contributed by atoms with Crippen molar-refractivity contribution in [3.8, 4) is 16.8 Å². The van der Waals surface area contributed by atoms with Crippen LogP contribution in [0.4, 0.5) is 5.69 Å². The molecule has 188 valence electrons. The van der Waals surface area contributed by atoms with E-state index in [1.807, 2.05) is 72.6 Å². The predicted octanol–water partition coefficient (Wildman–Crippen LogP) is 4.52. The summed E-state index contributed by atoms with van der Waals surface area (Å²) in [5, 5.41) is 16.0. The van der Waals surface area contributed by atoms with Crippen LogP contribution in [0.2, 0.25) is 0 Å². The molecule has 1 fully saturated rings. The van der Waals surface area contributed by atoms with Gasteiger partial charge in [-0.15, -0.1) is 11.3 Å². The molecule has 0 saturated carbocycles. The van der Waals surface area contributed by atoms with Gasteiger partial charge in [-0.05, 0) is 36.2 Å². The number of aliphatic imine (C=N–C) groups is 1. The summed E-state index contributed by atoms with van der Waals surface area (Å²) in [7, 11) is -3.82. The maximum atomic E-state index is 13.9. The standard InChI is InChI=1S/C26H24N6O3S2/c1-19-7-5-6-10-21(19)29-26(28-18-27)31-14-15-32(23(17-31)20-8-3-2-4-9-20)37(33,34)25-12-11-24(36-25)22-13-16-35-30-22/h2-13,16,23H,14-15,17H2,1H3,(H,28,29). The average Bonchev–Trinajstić information content (AvgIpc) is 3.63. The minimum Gasteiger partial charge on any atom is -0.364 e. The van der Waals surface area contributed by atoms with Crippen LogP contribution in [0.5, 0.6) is 0 Å². The number of nitrogens with zero attached hydrogens (tertiary/aromatic N) is 5. The SMILES string of the molecule is Cc1ccccc1N=C(NC#N)N1CCN(S(=O)(=O)c2ccc(-c3ccon3)s2)C(c2ccccc2)C1. The minimum atomic E-state index is -3.82. The van der Waals surface area contributed by atoms with E-state index in [0.29, 0.717) is 29.6 Å². The van der Waals surface area contributed by atoms with Crippen LogP contribution < -0.4 is 5.32 Å². The Morgan fingerprint density at radius 3 is 2.62 bits per heavy atom. The van der Waals surface area contributed by atoms with Crippen molar-refractivity contribution in [1.29, 1.82) is 5.26 Å². The van der Waals surface area contributed by atoms with E-state index >= 15 is 0 Å². The largest absolute Gasteiger partial charge is 0.364 e. The Bertz CT molecular complexity index is 1540. The van der Waals surface area contributed by atoms with Crippen molar-refractivity contribution in [3.05, 3.63) is 90.2 Å². The molecule has 37 heavy (non-hydrogen) atoms. The second-order valence-corrected chi connectivity index (χ2v) is 11.7. The number of aryl methyl sites for hydroxylation is 1. The summed E-state index contributed by atoms with van der Waals surface area (Å²) in [6.45, 7) is 2.86. The third-order valence-corrected chi connectivity index (χ3v) is 9.64. The molecule has 1 saturated heterocycles. The van der Waals surface area contributed by atoms with Gasteiger partial charge >= 0.3 is 0 Å². The van der Waals surface area contributed by atoms with Gasteiger partial charge in [-0.2, -0.15) is 9.57 Å². The summed E-state index contributed by atoms with van der Waals surface area (Å²) >= 11 is 1.16. The van der Waals surface area contributed by atoms with Gasteiger partial charge in [0.1, 0.15) is 16.2 Å². The number of hydrogen-bond acceptors (Lipinski definition) is 7. The number of rotatable bonds is 5. The highest BCUT2D eigenvalue weighted by atomic mass is 32.2. The van der Waals surface area contributed by atoms with E-state index in [0.717, 1.165) is 28.2 Å². The Hall–Kier alpha value is -3.98. The van der Waals surface area contributed by atoms with E-state index in [-0.39, 0.29) is 10.8 Å². The van der Waals surface area contributed by atoms with E-state index in [9.17, 15) is 13.7 Å². The summed E-state index contributed by atoms with van der Waals surface area (Å²) in [5.74, 6) is 0.388. The maximum Gasteiger partial charge on any atom is 0.253 e. The molecular weight excluding hydrogens is 508 g/mol. The molecule has 1 aliphatic rings. The number of hydrogen-bond donors (Lipinski definition) is 1. The highest BCUT2D eigenvalue weighted by Crippen LogP contribution is 2.36. The lowest BCUT2D eigenvalue weighted by molar-refractivity contribution is 0.192. The molecule has 0 amide bonds. The first kappa shape index (κ1) is 24.7. The Morgan fingerprint density at radius 1 is 1.11 bits per heavy atom. The highest BCUT2D eigenvalue weighted by Gasteiger charge is 2.38. The molecule has 1 aliphatic heterocycles. The molecule has 2 aromatic carbocycles. The van der Waals surface area contributed by atoms with Crippen LogP contribution in [0.15, 0.2) is 92.8 Å². The summed E-state index contributed by atoms with van der Waals surface area (Å²) in [4.78, 5) is 7.35. The van der Waals surface area contributed by atoms with Gasteiger partial charge < -0.3 is 9.42 Å². The van der Waals surface area contributed by atoms with Gasteiger partial charge in [-0.3, -0.25) is 5.32 Å². The molecule has 0 aliphatic carbocycles. The maximum absolute atomic E-state index is 13.9. The lowest BCUT2D eigenvalue weighted by Gasteiger charge is -2.41. The number of aromatic nitrogens is 1. The fourth-order valence-corrected chi connectivity index (χ4v) is 7.27. The number of nitrogens with one attached hydrogen (secondary N) is 1. The molecule has 2 aromatic heterocycles. The fourth-order valence-electron chi connectivity index (χ4n) is 4.28. The van der Waals surface area contributed by atoms with Gasteiger partial charge in [0.25, 0.3) is 10.0 Å². The summed E-state index contributed by atoms with van der Waals surface area (Å²) in [6.07, 6.45) is 3.43. The quantitative estimate of drug-likeness (QED) is 0.174. The molecular formula is C26H24N6O3S2. The minimum absolute atomic E-state index is 0.221. The lowest BCUT2D eigenvalue weighted by Crippen LogP contribution is -2.54. The molecule has 1 unspecified atom stereocenters. The van der Waals surface area contributed by atoms with Crippen LogP contribution in [-0.4, -0.2) is 48.4 Å². The average molecular weight is 533 g/mol. The molecule has 9 nitrogen and oxygen atoms in total. The molecule has 0 spiro atoms. The van der Waals surface area contributed by atoms with Gasteiger partial charge in [0.15, 0.2) is 6.19 Å². The molecule has 1 atom stereocenters. The first-order valence-corrected chi connectivity index (χ1v) is 13.8. The second-order valence-electron chi connectivity index (χ2n) is 8.45. The van der Waals surface area contributed by atoms with E-state index < -0.39 is 16.1 Å². The third kappa shape index (κ3) is 5.13.